The van der Waals surface area contributed by atoms with Crippen LogP contribution in [-0.2, 0) is 17.8 Å². The molecule has 0 aliphatic carbocycles. The fraction of sp³-hybridized carbons (Fsp3) is 0.133. The van der Waals surface area contributed by atoms with E-state index in [4.69, 9.17) is 4.74 Å². The molecule has 0 unspecified atom stereocenters. The molecule has 0 spiro atoms. The maximum Gasteiger partial charge on any atom is 0.228 e. The minimum Gasteiger partial charge on any atom is -0.489 e. The monoisotopic (exact) mass is 239 g/mol. The van der Waals surface area contributed by atoms with Crippen LogP contribution < -0.4 is 10.1 Å². The van der Waals surface area contributed by atoms with Gasteiger partial charge in [-0.15, -0.1) is 0 Å². The number of fused-ring (bicyclic) bond motifs is 1. The molecule has 1 amide bonds. The number of carbonyl (C=O) groups is 1. The Morgan fingerprint density at radius 2 is 1.94 bits per heavy atom. The van der Waals surface area contributed by atoms with E-state index < -0.39 is 0 Å². The summed E-state index contributed by atoms with van der Waals surface area (Å²) in [5, 5.41) is 2.82. The molecule has 1 heterocycles. The summed E-state index contributed by atoms with van der Waals surface area (Å²) in [6.07, 6.45) is 0.467. The molecule has 3 rings (SSSR count). The van der Waals surface area contributed by atoms with Gasteiger partial charge in [0.05, 0.1) is 6.42 Å². The molecular formula is C15H13NO2. The highest BCUT2D eigenvalue weighted by Crippen LogP contribution is 2.27. The third kappa shape index (κ3) is 2.20. The quantitative estimate of drug-likeness (QED) is 0.894. The van der Waals surface area contributed by atoms with Crippen LogP contribution in [0.1, 0.15) is 11.1 Å². The second-order valence-electron chi connectivity index (χ2n) is 4.32. The Hall–Kier alpha value is -2.29. The molecular weight excluding hydrogens is 226 g/mol. The molecule has 0 bridgehead atoms. The van der Waals surface area contributed by atoms with E-state index in [-0.39, 0.29) is 5.91 Å². The van der Waals surface area contributed by atoms with Crippen molar-refractivity contribution in [1.29, 1.82) is 0 Å². The zero-order valence-corrected chi connectivity index (χ0v) is 9.85. The highest BCUT2D eigenvalue weighted by atomic mass is 16.5. The third-order valence-corrected chi connectivity index (χ3v) is 2.95. The number of ether oxygens (including phenoxy) is 1. The van der Waals surface area contributed by atoms with Crippen LogP contribution in [0.25, 0.3) is 0 Å². The summed E-state index contributed by atoms with van der Waals surface area (Å²) in [4.78, 5) is 11.2. The van der Waals surface area contributed by atoms with E-state index in [0.29, 0.717) is 13.0 Å². The average molecular weight is 239 g/mol. The third-order valence-electron chi connectivity index (χ3n) is 2.95. The first-order chi connectivity index (χ1) is 8.81. The summed E-state index contributed by atoms with van der Waals surface area (Å²) in [5.74, 6) is 0.824. The van der Waals surface area contributed by atoms with Gasteiger partial charge in [-0.2, -0.15) is 0 Å². The molecule has 0 saturated carbocycles. The molecule has 90 valence electrons. The number of carbonyl (C=O) groups excluding carboxylic acids is 1. The minimum atomic E-state index is 0.0465. The normalized spacial score (nSPS) is 13.0. The van der Waals surface area contributed by atoms with E-state index in [1.54, 1.807) is 0 Å². The average Bonchev–Trinajstić information content (AvgIpc) is 2.77. The summed E-state index contributed by atoms with van der Waals surface area (Å²) < 4.78 is 5.70. The van der Waals surface area contributed by atoms with Crippen molar-refractivity contribution < 1.29 is 9.53 Å². The number of nitrogens with one attached hydrogen (secondary N) is 1. The molecule has 0 fully saturated rings. The predicted molar refractivity (Wildman–Crippen MR) is 69.5 cm³/mol. The fourth-order valence-electron chi connectivity index (χ4n) is 2.02. The largest absolute Gasteiger partial charge is 0.489 e. The Morgan fingerprint density at radius 3 is 2.78 bits per heavy atom. The standard InChI is InChI=1S/C15H13NO2/c17-15-8-12-6-7-13(9-14(12)16-15)18-10-11-4-2-1-3-5-11/h1-7,9H,8,10H2,(H,16,17). The summed E-state index contributed by atoms with van der Waals surface area (Å²) in [7, 11) is 0. The fourth-order valence-corrected chi connectivity index (χ4v) is 2.02. The molecule has 2 aromatic carbocycles. The Kier molecular flexibility index (Phi) is 2.73. The van der Waals surface area contributed by atoms with Gasteiger partial charge >= 0.3 is 0 Å². The van der Waals surface area contributed by atoms with Crippen LogP contribution in [0.2, 0.25) is 0 Å². The molecule has 0 aromatic heterocycles. The molecule has 1 aliphatic heterocycles. The van der Waals surface area contributed by atoms with Crippen LogP contribution in [0.4, 0.5) is 5.69 Å². The van der Waals surface area contributed by atoms with Crippen molar-refractivity contribution in [2.45, 2.75) is 13.0 Å². The molecule has 0 radical (unpaired) electrons. The van der Waals surface area contributed by atoms with Gasteiger partial charge < -0.3 is 10.1 Å². The summed E-state index contributed by atoms with van der Waals surface area (Å²) in [6, 6.07) is 15.7. The molecule has 18 heavy (non-hydrogen) atoms. The number of benzene rings is 2. The molecule has 3 nitrogen and oxygen atoms in total. The SMILES string of the molecule is O=C1Cc2ccc(OCc3ccccc3)cc2N1. The van der Waals surface area contributed by atoms with E-state index in [0.717, 1.165) is 22.6 Å². The molecule has 3 heteroatoms. The zero-order chi connectivity index (χ0) is 12.4. The van der Waals surface area contributed by atoms with Gasteiger partial charge in [0, 0.05) is 11.8 Å². The zero-order valence-electron chi connectivity index (χ0n) is 9.85. The lowest BCUT2D eigenvalue weighted by atomic mass is 10.1. The smallest absolute Gasteiger partial charge is 0.228 e. The first kappa shape index (κ1) is 10.8. The lowest BCUT2D eigenvalue weighted by Gasteiger charge is -2.07. The Balaban J connectivity index is 1.71. The van der Waals surface area contributed by atoms with Crippen molar-refractivity contribution in [2.24, 2.45) is 0 Å². The first-order valence-corrected chi connectivity index (χ1v) is 5.91. The Bertz CT molecular complexity index is 578. The topological polar surface area (TPSA) is 38.3 Å². The van der Waals surface area contributed by atoms with Crippen molar-refractivity contribution in [2.75, 3.05) is 5.32 Å². The van der Waals surface area contributed by atoms with Crippen molar-refractivity contribution in [3.63, 3.8) is 0 Å². The lowest BCUT2D eigenvalue weighted by Crippen LogP contribution is -2.03. The predicted octanol–water partition coefficient (Wildman–Crippen LogP) is 2.76. The molecule has 1 aliphatic rings. The molecule has 0 saturated heterocycles. The molecule has 1 N–H and O–H groups in total. The number of rotatable bonds is 3. The van der Waals surface area contributed by atoms with Gasteiger partial charge in [0.1, 0.15) is 12.4 Å². The van der Waals surface area contributed by atoms with Crippen LogP contribution >= 0.6 is 0 Å². The maximum absolute atomic E-state index is 11.2. The number of amides is 1. The van der Waals surface area contributed by atoms with Crippen LogP contribution in [0.3, 0.4) is 0 Å². The van der Waals surface area contributed by atoms with Crippen molar-refractivity contribution in [3.05, 3.63) is 59.7 Å². The van der Waals surface area contributed by atoms with E-state index in [9.17, 15) is 4.79 Å². The molecule has 2 aromatic rings. The van der Waals surface area contributed by atoms with E-state index >= 15 is 0 Å². The molecule has 0 atom stereocenters. The van der Waals surface area contributed by atoms with Gasteiger partial charge in [0.15, 0.2) is 0 Å². The Morgan fingerprint density at radius 1 is 1.11 bits per heavy atom. The second-order valence-corrected chi connectivity index (χ2v) is 4.32. The van der Waals surface area contributed by atoms with Crippen LogP contribution in [-0.4, -0.2) is 5.91 Å². The van der Waals surface area contributed by atoms with E-state index in [1.165, 1.54) is 0 Å². The van der Waals surface area contributed by atoms with Gasteiger partial charge in [-0.05, 0) is 17.2 Å². The van der Waals surface area contributed by atoms with Crippen LogP contribution in [0.15, 0.2) is 48.5 Å². The van der Waals surface area contributed by atoms with Crippen molar-refractivity contribution in [1.82, 2.24) is 0 Å². The number of hydrogen-bond donors (Lipinski definition) is 1. The number of hydrogen-bond acceptors (Lipinski definition) is 2. The van der Waals surface area contributed by atoms with Crippen molar-refractivity contribution in [3.8, 4) is 5.75 Å². The van der Waals surface area contributed by atoms with Gasteiger partial charge in [-0.1, -0.05) is 36.4 Å². The van der Waals surface area contributed by atoms with Crippen LogP contribution in [0, 0.1) is 0 Å². The van der Waals surface area contributed by atoms with Crippen LogP contribution in [0.5, 0.6) is 5.75 Å². The maximum atomic E-state index is 11.2. The number of anilines is 1. The van der Waals surface area contributed by atoms with Gasteiger partial charge in [0.25, 0.3) is 0 Å². The van der Waals surface area contributed by atoms with Gasteiger partial charge in [-0.3, -0.25) is 4.79 Å². The van der Waals surface area contributed by atoms with Gasteiger partial charge in [-0.25, -0.2) is 0 Å². The van der Waals surface area contributed by atoms with Crippen molar-refractivity contribution >= 4 is 11.6 Å². The summed E-state index contributed by atoms with van der Waals surface area (Å²) in [6.45, 7) is 0.535. The first-order valence-electron chi connectivity index (χ1n) is 5.91. The highest BCUT2D eigenvalue weighted by Gasteiger charge is 2.17. The Labute approximate surface area is 105 Å². The summed E-state index contributed by atoms with van der Waals surface area (Å²) in [5.41, 5.74) is 3.03. The lowest BCUT2D eigenvalue weighted by molar-refractivity contribution is -0.115. The second kappa shape index (κ2) is 4.53. The van der Waals surface area contributed by atoms with E-state index in [1.807, 2.05) is 48.5 Å². The minimum absolute atomic E-state index is 0.0465. The van der Waals surface area contributed by atoms with E-state index in [2.05, 4.69) is 5.32 Å². The summed E-state index contributed by atoms with van der Waals surface area (Å²) >= 11 is 0. The van der Waals surface area contributed by atoms with Gasteiger partial charge in [0.2, 0.25) is 5.91 Å². The highest BCUT2D eigenvalue weighted by molar-refractivity contribution is 5.99.